The first-order valence-corrected chi connectivity index (χ1v) is 25.2. The molecule has 0 saturated heterocycles. The molecule has 4 heteroatoms. The molecule has 360 valence electrons. The van der Waals surface area contributed by atoms with Crippen molar-refractivity contribution in [3.63, 3.8) is 0 Å². The first-order chi connectivity index (χ1) is 34.8. The fourth-order valence-electron chi connectivity index (χ4n) is 9.69. The molecular weight excluding hydrogens is 863 g/mol. The zero-order chi connectivity index (χ0) is 53.2. The molecule has 0 aliphatic carbocycles. The molecule has 71 heavy (non-hydrogen) atoms. The average Bonchev–Trinajstić information content (AvgIpc) is 3.74. The number of hydrogen-bond acceptors (Lipinski definition) is 3. The Hall–Kier alpha value is -7.04. The molecule has 4 nitrogen and oxygen atoms in total. The van der Waals surface area contributed by atoms with Crippen molar-refractivity contribution in [3.05, 3.63) is 191 Å². The average molecular weight is 937 g/mol. The molecular formula is C67H71N3O. The van der Waals surface area contributed by atoms with Gasteiger partial charge in [-0.3, -0.25) is 9.55 Å². The Morgan fingerprint density at radius 2 is 1.11 bits per heavy atom. The first-order valence-electron chi connectivity index (χ1n) is 26.7. The second kappa shape index (κ2) is 18.6. The number of nitrogens with zero attached hydrogens (tertiary/aromatic N) is 3. The van der Waals surface area contributed by atoms with Gasteiger partial charge in [-0.05, 0) is 150 Å². The number of hydrogen-bond donors (Lipinski definition) is 1. The van der Waals surface area contributed by atoms with Crippen LogP contribution in [0, 0.1) is 6.85 Å². The molecule has 0 fully saturated rings. The lowest BCUT2D eigenvalue weighted by Gasteiger charge is -2.22. The van der Waals surface area contributed by atoms with Crippen molar-refractivity contribution in [1.82, 2.24) is 14.5 Å². The highest BCUT2D eigenvalue weighted by atomic mass is 16.3. The largest absolute Gasteiger partial charge is 0.507 e. The number of rotatable bonds is 9. The van der Waals surface area contributed by atoms with E-state index < -0.39 is 6.85 Å². The number of phenolic OH excluding ortho intramolecular Hbond substituents is 1. The number of benzene rings is 7. The van der Waals surface area contributed by atoms with E-state index in [-0.39, 0.29) is 39.4 Å². The summed E-state index contributed by atoms with van der Waals surface area (Å²) in [4.78, 5) is 10.7. The lowest BCUT2D eigenvalue weighted by Crippen LogP contribution is -2.11. The predicted molar refractivity (Wildman–Crippen MR) is 302 cm³/mol. The zero-order valence-corrected chi connectivity index (χ0v) is 44.0. The minimum Gasteiger partial charge on any atom is -0.507 e. The maximum Gasteiger partial charge on any atom is 0.149 e. The van der Waals surface area contributed by atoms with Gasteiger partial charge in [-0.2, -0.15) is 0 Å². The van der Waals surface area contributed by atoms with E-state index in [0.29, 0.717) is 17.0 Å². The van der Waals surface area contributed by atoms with Crippen molar-refractivity contribution < 1.29 is 9.22 Å². The summed E-state index contributed by atoms with van der Waals surface area (Å²) in [5, 5.41) is 12.6. The van der Waals surface area contributed by atoms with Crippen LogP contribution in [0.15, 0.2) is 158 Å². The fourth-order valence-corrected chi connectivity index (χ4v) is 9.69. The number of aromatic nitrogens is 3. The van der Waals surface area contributed by atoms with E-state index in [0.717, 1.165) is 83.6 Å². The number of aryl methyl sites for hydroxylation is 1. The van der Waals surface area contributed by atoms with Gasteiger partial charge in [0.1, 0.15) is 11.6 Å². The molecule has 0 bridgehead atoms. The molecule has 9 rings (SSSR count). The van der Waals surface area contributed by atoms with Crippen LogP contribution in [0.5, 0.6) is 5.75 Å². The van der Waals surface area contributed by atoms with Crippen LogP contribution in [0.3, 0.4) is 0 Å². The highest BCUT2D eigenvalue weighted by Crippen LogP contribution is 2.46. The highest BCUT2D eigenvalue weighted by molar-refractivity contribution is 5.98. The van der Waals surface area contributed by atoms with E-state index in [1.165, 1.54) is 11.1 Å². The second-order valence-corrected chi connectivity index (χ2v) is 23.2. The van der Waals surface area contributed by atoms with Gasteiger partial charge in [-0.1, -0.05) is 193 Å². The van der Waals surface area contributed by atoms with E-state index in [1.807, 2.05) is 48.7 Å². The first kappa shape index (κ1) is 45.1. The Bertz CT molecular complexity index is 3520. The van der Waals surface area contributed by atoms with E-state index in [4.69, 9.17) is 14.1 Å². The Balaban J connectivity index is 1.37. The van der Waals surface area contributed by atoms with Crippen LogP contribution in [0.2, 0.25) is 0 Å². The molecule has 0 unspecified atom stereocenters. The Labute approximate surface area is 427 Å². The molecule has 0 atom stereocenters. The van der Waals surface area contributed by atoms with Crippen molar-refractivity contribution in [1.29, 1.82) is 0 Å². The van der Waals surface area contributed by atoms with Gasteiger partial charge in [0, 0.05) is 27.0 Å². The van der Waals surface area contributed by atoms with Crippen LogP contribution >= 0.6 is 0 Å². The minimum atomic E-state index is -2.44. The van der Waals surface area contributed by atoms with Gasteiger partial charge in [0.25, 0.3) is 0 Å². The van der Waals surface area contributed by atoms with E-state index >= 15 is 0 Å². The van der Waals surface area contributed by atoms with E-state index in [9.17, 15) is 5.11 Å². The summed E-state index contributed by atoms with van der Waals surface area (Å²) in [5.74, 6) is 0.919. The number of fused-ring (bicyclic) bond motifs is 1. The number of para-hydroxylation sites is 1. The van der Waals surface area contributed by atoms with Crippen molar-refractivity contribution in [2.24, 2.45) is 0 Å². The molecule has 9 aromatic rings. The zero-order valence-electron chi connectivity index (χ0n) is 47.0. The van der Waals surface area contributed by atoms with E-state index in [2.05, 4.69) is 204 Å². The number of pyridine rings is 1. The molecule has 0 saturated carbocycles. The van der Waals surface area contributed by atoms with Crippen LogP contribution in [-0.2, 0) is 16.2 Å². The maximum atomic E-state index is 12.6. The molecule has 0 aliphatic heterocycles. The van der Waals surface area contributed by atoms with Gasteiger partial charge in [0.15, 0.2) is 0 Å². The molecule has 0 amide bonds. The predicted octanol–water partition coefficient (Wildman–Crippen LogP) is 18.6. The SMILES string of the molecule is [2H]C([2H])([2H])c1cc(-c2ccc(C(C)(C)C)cc2)c(-n2c(-c3cc(C(C)C)cc(C(C)C)c3O)nc3c(-c4cc(-c5cc(-c6ccc(C(C)(C)C)cc6)ccn5)cc(C(C)(C)C)c4)cccc32)cc1-c1ccccc1. The van der Waals surface area contributed by atoms with Gasteiger partial charge in [0.05, 0.1) is 28.0 Å². The molecule has 0 radical (unpaired) electrons. The summed E-state index contributed by atoms with van der Waals surface area (Å²) in [6.07, 6.45) is 1.90. The van der Waals surface area contributed by atoms with E-state index in [1.54, 1.807) is 0 Å². The summed E-state index contributed by atoms with van der Waals surface area (Å²) >= 11 is 0. The number of aromatic hydroxyl groups is 1. The molecule has 1 N–H and O–H groups in total. The Morgan fingerprint density at radius 1 is 0.493 bits per heavy atom. The standard InChI is InChI=1S/C67H71N3O/c1-41(2)48-37-55(42(3)4)63(71)58(38-48)64-69-62-54(49-34-50(36-53(35-49)67(12,13)14)59-39-47(31-32-68-59)44-23-27-51(28-24-44)65(6,7)8)21-18-22-60(62)70(64)61-40-56(45-19-16-15-17-20-45)43(5)33-57(61)46-25-29-52(30-26-46)66(9,10)11/h15-42,71H,1-14H3/i5D3. The third-order valence-corrected chi connectivity index (χ3v) is 14.1. The van der Waals surface area contributed by atoms with Crippen LogP contribution in [0.25, 0.3) is 83.9 Å². The monoisotopic (exact) mass is 937 g/mol. The van der Waals surface area contributed by atoms with Crippen molar-refractivity contribution in [3.8, 4) is 78.6 Å². The summed E-state index contributed by atoms with van der Waals surface area (Å²) in [6.45, 7) is 26.1. The quantitative estimate of drug-likeness (QED) is 0.157. The molecule has 0 aliphatic rings. The van der Waals surface area contributed by atoms with Crippen molar-refractivity contribution in [2.75, 3.05) is 0 Å². The lowest BCUT2D eigenvalue weighted by molar-refractivity contribution is 0.466. The normalized spacial score (nSPS) is 13.2. The lowest BCUT2D eigenvalue weighted by atomic mass is 9.83. The summed E-state index contributed by atoms with van der Waals surface area (Å²) < 4.78 is 29.1. The third kappa shape index (κ3) is 9.74. The highest BCUT2D eigenvalue weighted by Gasteiger charge is 2.27. The summed E-state index contributed by atoms with van der Waals surface area (Å²) in [6, 6.07) is 52.6. The molecule has 2 heterocycles. The van der Waals surface area contributed by atoms with Gasteiger partial charge in [-0.25, -0.2) is 4.98 Å². The van der Waals surface area contributed by atoms with Crippen LogP contribution in [0.4, 0.5) is 0 Å². The van der Waals surface area contributed by atoms with Crippen molar-refractivity contribution in [2.45, 2.75) is 125 Å². The molecule has 0 spiro atoms. The minimum absolute atomic E-state index is 0.0227. The van der Waals surface area contributed by atoms with Gasteiger partial charge >= 0.3 is 0 Å². The van der Waals surface area contributed by atoms with Crippen LogP contribution in [-0.4, -0.2) is 19.6 Å². The Morgan fingerprint density at radius 3 is 1.72 bits per heavy atom. The van der Waals surface area contributed by atoms with Crippen LogP contribution < -0.4 is 0 Å². The summed E-state index contributed by atoms with van der Waals surface area (Å²) in [7, 11) is 0. The van der Waals surface area contributed by atoms with Crippen LogP contribution in [0.1, 0.15) is 139 Å². The smallest absolute Gasteiger partial charge is 0.149 e. The topological polar surface area (TPSA) is 50.9 Å². The van der Waals surface area contributed by atoms with Gasteiger partial charge < -0.3 is 5.11 Å². The number of imidazole rings is 1. The molecule has 2 aromatic heterocycles. The van der Waals surface area contributed by atoms with Gasteiger partial charge in [-0.15, -0.1) is 0 Å². The molecule has 7 aromatic carbocycles. The Kier molecular flexibility index (Phi) is 11.8. The van der Waals surface area contributed by atoms with Crippen molar-refractivity contribution >= 4 is 11.0 Å². The summed E-state index contributed by atoms with van der Waals surface area (Å²) in [5.41, 5.74) is 17.5. The second-order valence-electron chi connectivity index (χ2n) is 23.2. The fraction of sp³-hybridized carbons (Fsp3) is 0.284. The van der Waals surface area contributed by atoms with Gasteiger partial charge in [0.2, 0.25) is 0 Å². The maximum absolute atomic E-state index is 12.6. The third-order valence-electron chi connectivity index (χ3n) is 14.1. The number of phenols is 1.